The maximum absolute atomic E-state index is 10.7. The molecule has 2 saturated heterocycles. The second kappa shape index (κ2) is 3.48. The number of carbonyl (C=O) groups is 1. The van der Waals surface area contributed by atoms with E-state index in [-0.39, 0.29) is 10.9 Å². The number of piperidine rings is 1. The summed E-state index contributed by atoms with van der Waals surface area (Å²) in [5.74, 6) is -0.0158. The van der Waals surface area contributed by atoms with Crippen molar-refractivity contribution in [3.8, 4) is 0 Å². The Morgan fingerprint density at radius 1 is 1.46 bits per heavy atom. The zero-order valence-electron chi connectivity index (χ0n) is 7.38. The van der Waals surface area contributed by atoms with E-state index in [1.807, 2.05) is 0 Å². The van der Waals surface area contributed by atoms with Crippen LogP contribution in [0, 0.1) is 0 Å². The molecule has 1 atom stereocenters. The van der Waals surface area contributed by atoms with Crippen molar-refractivity contribution in [2.75, 3.05) is 18.8 Å². The normalized spacial score (nSPS) is 32.2. The van der Waals surface area contributed by atoms with Crippen LogP contribution in [0.1, 0.15) is 12.8 Å². The Kier molecular flexibility index (Phi) is 2.49. The summed E-state index contributed by atoms with van der Waals surface area (Å²) in [6.07, 6.45) is 2.06. The molecule has 0 aliphatic carbocycles. The van der Waals surface area contributed by atoms with E-state index >= 15 is 0 Å². The topological polar surface area (TPSA) is 61.4 Å². The average molecular weight is 202 g/mol. The standard InChI is InChI=1S/C8H14N2O2S/c11-7(12)6-5-13-8(10-6)1-3-9-4-2-8/h6,9-10H,1-5H2,(H,11,12). The minimum atomic E-state index is -0.720. The molecule has 0 amide bonds. The van der Waals surface area contributed by atoms with Crippen molar-refractivity contribution < 1.29 is 9.90 Å². The molecule has 13 heavy (non-hydrogen) atoms. The Hall–Kier alpha value is -0.260. The van der Waals surface area contributed by atoms with Crippen molar-refractivity contribution in [2.45, 2.75) is 23.8 Å². The van der Waals surface area contributed by atoms with Gasteiger partial charge in [0.15, 0.2) is 0 Å². The predicted molar refractivity (Wildman–Crippen MR) is 51.9 cm³/mol. The summed E-state index contributed by atoms with van der Waals surface area (Å²) in [5.41, 5.74) is 0. The van der Waals surface area contributed by atoms with Crippen molar-refractivity contribution >= 4 is 17.7 Å². The van der Waals surface area contributed by atoms with Crippen LogP contribution in [0.3, 0.4) is 0 Å². The van der Waals surface area contributed by atoms with Crippen LogP contribution in [0.15, 0.2) is 0 Å². The smallest absolute Gasteiger partial charge is 0.321 e. The minimum absolute atomic E-state index is 0.0499. The second-order valence-corrected chi connectivity index (χ2v) is 4.99. The highest BCUT2D eigenvalue weighted by Crippen LogP contribution is 2.37. The number of hydrogen-bond acceptors (Lipinski definition) is 4. The fraction of sp³-hybridized carbons (Fsp3) is 0.875. The van der Waals surface area contributed by atoms with Crippen LogP contribution in [-0.4, -0.2) is 40.8 Å². The van der Waals surface area contributed by atoms with E-state index < -0.39 is 5.97 Å². The number of aliphatic carboxylic acids is 1. The third-order valence-electron chi connectivity index (χ3n) is 2.67. The van der Waals surface area contributed by atoms with Crippen molar-refractivity contribution in [1.29, 1.82) is 0 Å². The van der Waals surface area contributed by atoms with Crippen LogP contribution in [0.2, 0.25) is 0 Å². The molecule has 2 fully saturated rings. The maximum atomic E-state index is 10.7. The molecular formula is C8H14N2O2S. The first-order chi connectivity index (χ1) is 6.22. The highest BCUT2D eigenvalue weighted by molar-refractivity contribution is 8.01. The van der Waals surface area contributed by atoms with Gasteiger partial charge in [-0.3, -0.25) is 10.1 Å². The second-order valence-electron chi connectivity index (χ2n) is 3.59. The Morgan fingerprint density at radius 2 is 2.15 bits per heavy atom. The van der Waals surface area contributed by atoms with Crippen LogP contribution in [0.5, 0.6) is 0 Å². The van der Waals surface area contributed by atoms with E-state index in [4.69, 9.17) is 5.11 Å². The third kappa shape index (κ3) is 1.82. The zero-order valence-corrected chi connectivity index (χ0v) is 8.19. The number of hydrogen-bond donors (Lipinski definition) is 3. The molecule has 0 aromatic carbocycles. The average Bonchev–Trinajstić information content (AvgIpc) is 2.51. The molecule has 2 aliphatic heterocycles. The van der Waals surface area contributed by atoms with Gasteiger partial charge < -0.3 is 10.4 Å². The van der Waals surface area contributed by atoms with Gasteiger partial charge in [-0.1, -0.05) is 0 Å². The highest BCUT2D eigenvalue weighted by atomic mass is 32.2. The number of carboxylic acid groups (broad SMARTS) is 1. The molecule has 0 saturated carbocycles. The Bertz CT molecular complexity index is 216. The number of rotatable bonds is 1. The largest absolute Gasteiger partial charge is 0.480 e. The van der Waals surface area contributed by atoms with Crippen molar-refractivity contribution in [1.82, 2.24) is 10.6 Å². The molecule has 2 heterocycles. The summed E-state index contributed by atoms with van der Waals surface area (Å²) in [5, 5.41) is 15.3. The van der Waals surface area contributed by atoms with Gasteiger partial charge in [0.2, 0.25) is 0 Å². The monoisotopic (exact) mass is 202 g/mol. The van der Waals surface area contributed by atoms with E-state index in [2.05, 4.69) is 10.6 Å². The molecule has 0 bridgehead atoms. The molecule has 3 N–H and O–H groups in total. The SMILES string of the molecule is O=C(O)C1CSC2(CCNCC2)N1. The molecule has 0 radical (unpaired) electrons. The molecule has 5 heteroatoms. The Balaban J connectivity index is 1.98. The lowest BCUT2D eigenvalue weighted by Crippen LogP contribution is -2.50. The number of thioether (sulfide) groups is 1. The lowest BCUT2D eigenvalue weighted by atomic mass is 10.1. The van der Waals surface area contributed by atoms with Gasteiger partial charge in [-0.2, -0.15) is 0 Å². The first kappa shape index (κ1) is 9.30. The summed E-state index contributed by atoms with van der Waals surface area (Å²) in [4.78, 5) is 10.8. The van der Waals surface area contributed by atoms with Gasteiger partial charge in [-0.15, -0.1) is 11.8 Å². The van der Waals surface area contributed by atoms with Crippen LogP contribution >= 0.6 is 11.8 Å². The van der Waals surface area contributed by atoms with Gasteiger partial charge in [0.1, 0.15) is 6.04 Å². The Labute approximate surface area is 81.5 Å². The Morgan fingerprint density at radius 3 is 2.69 bits per heavy atom. The van der Waals surface area contributed by atoms with Gasteiger partial charge in [-0.25, -0.2) is 0 Å². The summed E-state index contributed by atoms with van der Waals surface area (Å²) < 4.78 is 0. The van der Waals surface area contributed by atoms with Crippen molar-refractivity contribution in [3.05, 3.63) is 0 Å². The predicted octanol–water partition coefficient (Wildman–Crippen LogP) is -0.144. The zero-order chi connectivity index (χ0) is 9.31. The summed E-state index contributed by atoms with van der Waals surface area (Å²) in [6.45, 7) is 1.98. The molecule has 0 aromatic heterocycles. The van der Waals surface area contributed by atoms with Crippen LogP contribution < -0.4 is 10.6 Å². The molecular weight excluding hydrogens is 188 g/mol. The fourth-order valence-electron chi connectivity index (χ4n) is 1.90. The van der Waals surface area contributed by atoms with Crippen LogP contribution in [0.4, 0.5) is 0 Å². The van der Waals surface area contributed by atoms with Crippen LogP contribution in [-0.2, 0) is 4.79 Å². The molecule has 1 spiro atoms. The van der Waals surface area contributed by atoms with Gasteiger partial charge >= 0.3 is 5.97 Å². The summed E-state index contributed by atoms with van der Waals surface area (Å²) in [6, 6.07) is -0.344. The molecule has 2 rings (SSSR count). The number of nitrogens with one attached hydrogen (secondary N) is 2. The maximum Gasteiger partial charge on any atom is 0.321 e. The lowest BCUT2D eigenvalue weighted by Gasteiger charge is -2.33. The van der Waals surface area contributed by atoms with Crippen LogP contribution in [0.25, 0.3) is 0 Å². The summed E-state index contributed by atoms with van der Waals surface area (Å²) >= 11 is 1.77. The van der Waals surface area contributed by atoms with E-state index in [0.29, 0.717) is 5.75 Å². The molecule has 0 aromatic rings. The van der Waals surface area contributed by atoms with E-state index in [0.717, 1.165) is 25.9 Å². The highest BCUT2D eigenvalue weighted by Gasteiger charge is 2.42. The fourth-order valence-corrected chi connectivity index (χ4v) is 3.33. The summed E-state index contributed by atoms with van der Waals surface area (Å²) in [7, 11) is 0. The van der Waals surface area contributed by atoms with Gasteiger partial charge in [0, 0.05) is 5.75 Å². The van der Waals surface area contributed by atoms with Gasteiger partial charge in [0.05, 0.1) is 4.87 Å². The number of carboxylic acids is 1. The van der Waals surface area contributed by atoms with Crippen molar-refractivity contribution in [2.24, 2.45) is 0 Å². The molecule has 4 nitrogen and oxygen atoms in total. The lowest BCUT2D eigenvalue weighted by molar-refractivity contribution is -0.138. The molecule has 74 valence electrons. The molecule has 2 aliphatic rings. The first-order valence-electron chi connectivity index (χ1n) is 4.57. The van der Waals surface area contributed by atoms with E-state index in [1.165, 1.54) is 0 Å². The van der Waals surface area contributed by atoms with Gasteiger partial charge in [-0.05, 0) is 25.9 Å². The minimum Gasteiger partial charge on any atom is -0.480 e. The third-order valence-corrected chi connectivity index (χ3v) is 4.25. The van der Waals surface area contributed by atoms with E-state index in [9.17, 15) is 4.79 Å². The quantitative estimate of drug-likeness (QED) is 0.552. The van der Waals surface area contributed by atoms with Crippen molar-refractivity contribution in [3.63, 3.8) is 0 Å². The van der Waals surface area contributed by atoms with Gasteiger partial charge in [0.25, 0.3) is 0 Å². The first-order valence-corrected chi connectivity index (χ1v) is 5.56. The van der Waals surface area contributed by atoms with E-state index in [1.54, 1.807) is 11.8 Å². The molecule has 1 unspecified atom stereocenters.